The maximum Gasteiger partial charge on any atom is 0.305 e. The first-order valence-corrected chi connectivity index (χ1v) is 13.5. The molecule has 0 saturated heterocycles. The number of nitrogens with one attached hydrogen (secondary N) is 2. The van der Waals surface area contributed by atoms with Gasteiger partial charge in [-0.1, -0.05) is 50.6 Å². The summed E-state index contributed by atoms with van der Waals surface area (Å²) < 4.78 is 5.99. The largest absolute Gasteiger partial charge is 0.481 e. The predicted octanol–water partition coefficient (Wildman–Crippen LogP) is 6.92. The van der Waals surface area contributed by atoms with Crippen molar-refractivity contribution in [1.29, 1.82) is 0 Å². The Kier molecular flexibility index (Phi) is 8.90. The molecule has 2 atom stereocenters. The zero-order chi connectivity index (χ0) is 26.2. The quantitative estimate of drug-likeness (QED) is 0.177. The highest BCUT2D eigenvalue weighted by Crippen LogP contribution is 2.30. The summed E-state index contributed by atoms with van der Waals surface area (Å²) >= 11 is 1.81. The Hall–Kier alpha value is -3.71. The number of rotatable bonds is 12. The van der Waals surface area contributed by atoms with Gasteiger partial charge >= 0.3 is 5.97 Å². The van der Waals surface area contributed by atoms with Crippen LogP contribution in [0.2, 0.25) is 0 Å². The average Bonchev–Trinajstić information content (AvgIpc) is 3.35. The minimum Gasteiger partial charge on any atom is -0.481 e. The number of hydrogen-bond acceptors (Lipinski definition) is 5. The minimum atomic E-state index is -0.934. The Morgan fingerprint density at radius 3 is 2.41 bits per heavy atom. The molecule has 1 amide bonds. The molecule has 192 valence electrons. The number of amides is 1. The Balaban J connectivity index is 1.35. The lowest BCUT2D eigenvalue weighted by Crippen LogP contribution is -2.29. The summed E-state index contributed by atoms with van der Waals surface area (Å²) in [6.07, 6.45) is 0.954. The number of carboxylic acids is 1. The highest BCUT2D eigenvalue weighted by Gasteiger charge is 2.17. The van der Waals surface area contributed by atoms with E-state index in [1.165, 1.54) is 4.90 Å². The maximum absolute atomic E-state index is 12.2. The van der Waals surface area contributed by atoms with Gasteiger partial charge in [-0.2, -0.15) is 0 Å². The average molecular weight is 517 g/mol. The van der Waals surface area contributed by atoms with Crippen molar-refractivity contribution in [1.82, 2.24) is 5.32 Å². The molecule has 0 spiro atoms. The molecule has 0 aliphatic rings. The molecular weight excluding hydrogens is 484 g/mol. The molecule has 3 N–H and O–H groups in total. The molecule has 6 nitrogen and oxygen atoms in total. The van der Waals surface area contributed by atoms with Crippen molar-refractivity contribution < 1.29 is 19.1 Å². The molecule has 3 aromatic carbocycles. The summed E-state index contributed by atoms with van der Waals surface area (Å²) in [4.78, 5) is 24.0. The number of para-hydroxylation sites is 1. The fourth-order valence-electron chi connectivity index (χ4n) is 3.98. The lowest BCUT2D eigenvalue weighted by atomic mass is 10.0. The molecule has 0 bridgehead atoms. The van der Waals surface area contributed by atoms with Crippen molar-refractivity contribution >= 4 is 40.3 Å². The zero-order valence-electron chi connectivity index (χ0n) is 21.1. The number of benzene rings is 3. The number of carbonyl (C=O) groups excluding carboxylic acids is 1. The summed E-state index contributed by atoms with van der Waals surface area (Å²) in [6.45, 7) is 4.55. The van der Waals surface area contributed by atoms with Crippen molar-refractivity contribution in [3.05, 3.63) is 84.4 Å². The van der Waals surface area contributed by atoms with Crippen LogP contribution in [0.4, 0.5) is 5.69 Å². The molecule has 0 saturated carbocycles. The van der Waals surface area contributed by atoms with Gasteiger partial charge in [0.1, 0.15) is 11.3 Å². The molecule has 1 heterocycles. The summed E-state index contributed by atoms with van der Waals surface area (Å²) in [5.74, 6) is 1.03. The number of fused-ring (bicyclic) bond motifs is 1. The third-order valence-electron chi connectivity index (χ3n) is 6.45. The first-order valence-electron chi connectivity index (χ1n) is 12.5. The van der Waals surface area contributed by atoms with Crippen LogP contribution in [0, 0.1) is 5.92 Å². The first-order chi connectivity index (χ1) is 17.9. The molecule has 37 heavy (non-hydrogen) atoms. The van der Waals surface area contributed by atoms with Crippen LogP contribution >= 0.6 is 11.8 Å². The topological polar surface area (TPSA) is 91.6 Å². The van der Waals surface area contributed by atoms with E-state index in [0.29, 0.717) is 11.5 Å². The van der Waals surface area contributed by atoms with Crippen molar-refractivity contribution in [2.75, 3.05) is 17.6 Å². The number of carboxylic acid groups (broad SMARTS) is 1. The van der Waals surface area contributed by atoms with Crippen LogP contribution in [-0.4, -0.2) is 35.3 Å². The van der Waals surface area contributed by atoms with Gasteiger partial charge in [0.05, 0.1) is 6.42 Å². The minimum absolute atomic E-state index is 0.0950. The van der Waals surface area contributed by atoms with Crippen LogP contribution in [-0.2, 0) is 4.79 Å². The molecule has 1 aromatic heterocycles. The van der Waals surface area contributed by atoms with Crippen LogP contribution in [0.15, 0.2) is 88.2 Å². The highest BCUT2D eigenvalue weighted by atomic mass is 32.2. The van der Waals surface area contributed by atoms with Crippen LogP contribution in [0.5, 0.6) is 0 Å². The highest BCUT2D eigenvalue weighted by molar-refractivity contribution is 7.99. The monoisotopic (exact) mass is 516 g/mol. The lowest BCUT2D eigenvalue weighted by Gasteiger charge is -2.25. The van der Waals surface area contributed by atoms with E-state index in [2.05, 4.69) is 60.9 Å². The fraction of sp³-hybridized carbons (Fsp3) is 0.267. The molecule has 0 unspecified atom stereocenters. The van der Waals surface area contributed by atoms with Gasteiger partial charge < -0.3 is 20.2 Å². The molecule has 0 aliphatic heterocycles. The normalized spacial score (nSPS) is 12.7. The van der Waals surface area contributed by atoms with Gasteiger partial charge in [0.2, 0.25) is 0 Å². The maximum atomic E-state index is 12.2. The van der Waals surface area contributed by atoms with Crippen LogP contribution < -0.4 is 10.6 Å². The summed E-state index contributed by atoms with van der Waals surface area (Å²) in [6, 6.07) is 26.2. The number of carbonyl (C=O) groups is 2. The molecule has 7 heteroatoms. The van der Waals surface area contributed by atoms with E-state index in [-0.39, 0.29) is 24.9 Å². The van der Waals surface area contributed by atoms with Gasteiger partial charge in [-0.15, -0.1) is 11.8 Å². The Morgan fingerprint density at radius 1 is 1.00 bits per heavy atom. The number of furan rings is 1. The SMILES string of the molecule is CC[C@H](C)[C@@H](CSc1ccc(-c2cc3ccccc3o2)cc1)Nc1ccc(C(=O)NCCC(=O)O)cc1. The number of aliphatic carboxylic acids is 1. The Bertz CT molecular complexity index is 1300. The van der Waals surface area contributed by atoms with Gasteiger partial charge in [-0.05, 0) is 54.4 Å². The van der Waals surface area contributed by atoms with Crippen molar-refractivity contribution in [2.45, 2.75) is 37.6 Å². The molecule has 0 fully saturated rings. The second-order valence-electron chi connectivity index (χ2n) is 9.10. The van der Waals surface area contributed by atoms with Crippen LogP contribution in [0.1, 0.15) is 37.0 Å². The Morgan fingerprint density at radius 2 is 1.73 bits per heavy atom. The van der Waals surface area contributed by atoms with Crippen molar-refractivity contribution in [3.8, 4) is 11.3 Å². The number of thioether (sulfide) groups is 1. The third-order valence-corrected chi connectivity index (χ3v) is 7.58. The molecule has 4 rings (SSSR count). The second-order valence-corrected chi connectivity index (χ2v) is 10.2. The van der Waals surface area contributed by atoms with Gasteiger partial charge in [0.15, 0.2) is 0 Å². The van der Waals surface area contributed by atoms with Crippen LogP contribution in [0.25, 0.3) is 22.3 Å². The molecule has 0 aliphatic carbocycles. The smallest absolute Gasteiger partial charge is 0.305 e. The van der Waals surface area contributed by atoms with E-state index in [4.69, 9.17) is 9.52 Å². The van der Waals surface area contributed by atoms with E-state index in [1.54, 1.807) is 12.1 Å². The second kappa shape index (κ2) is 12.5. The summed E-state index contributed by atoms with van der Waals surface area (Å²) in [5, 5.41) is 16.1. The predicted molar refractivity (Wildman–Crippen MR) is 150 cm³/mol. The fourth-order valence-corrected chi connectivity index (χ4v) is 5.09. The standard InChI is InChI=1S/C30H32N2O4S/c1-3-20(2)26(32-24-12-8-22(9-13-24)30(35)31-17-16-29(33)34)19-37-25-14-10-21(11-15-25)28-18-23-6-4-5-7-27(23)36-28/h4-15,18,20,26,32H,3,16-17,19H2,1-2H3,(H,31,35)(H,33,34)/t20-,26+/m0/s1. The molecular formula is C30H32N2O4S. The summed E-state index contributed by atoms with van der Waals surface area (Å²) in [7, 11) is 0. The Labute approximate surface area is 221 Å². The van der Waals surface area contributed by atoms with Crippen molar-refractivity contribution in [2.24, 2.45) is 5.92 Å². The van der Waals surface area contributed by atoms with Crippen LogP contribution in [0.3, 0.4) is 0 Å². The zero-order valence-corrected chi connectivity index (χ0v) is 21.9. The number of anilines is 1. The first kappa shape index (κ1) is 26.4. The van der Waals surface area contributed by atoms with E-state index < -0.39 is 5.97 Å². The summed E-state index contributed by atoms with van der Waals surface area (Å²) in [5.41, 5.74) is 3.41. The van der Waals surface area contributed by atoms with Gasteiger partial charge in [0.25, 0.3) is 5.91 Å². The van der Waals surface area contributed by atoms with E-state index in [0.717, 1.165) is 40.2 Å². The van der Waals surface area contributed by atoms with Gasteiger partial charge in [-0.25, -0.2) is 0 Å². The van der Waals surface area contributed by atoms with Gasteiger partial charge in [0, 0.05) is 45.4 Å². The van der Waals surface area contributed by atoms with E-state index in [1.807, 2.05) is 42.1 Å². The molecule has 4 aromatic rings. The van der Waals surface area contributed by atoms with E-state index >= 15 is 0 Å². The van der Waals surface area contributed by atoms with E-state index in [9.17, 15) is 9.59 Å². The lowest BCUT2D eigenvalue weighted by molar-refractivity contribution is -0.136. The third kappa shape index (κ3) is 7.17. The van der Waals surface area contributed by atoms with Gasteiger partial charge in [-0.3, -0.25) is 9.59 Å². The van der Waals surface area contributed by atoms with Crippen molar-refractivity contribution in [3.63, 3.8) is 0 Å². The molecule has 0 radical (unpaired) electrons. The number of hydrogen-bond donors (Lipinski definition) is 3.